The number of aliphatic hydroxyl groups is 1. The summed E-state index contributed by atoms with van der Waals surface area (Å²) in [6.07, 6.45) is 1.70. The summed E-state index contributed by atoms with van der Waals surface area (Å²) in [6.45, 7) is 2.07. The van der Waals surface area contributed by atoms with E-state index in [9.17, 15) is 0 Å². The molecule has 0 amide bonds. The minimum Gasteiger partial charge on any atom is -0.439 e. The summed E-state index contributed by atoms with van der Waals surface area (Å²) in [5.41, 5.74) is 3.34. The van der Waals surface area contributed by atoms with Gasteiger partial charge in [-0.2, -0.15) is 4.98 Å². The molecule has 0 unspecified atom stereocenters. The summed E-state index contributed by atoms with van der Waals surface area (Å²) in [5, 5.41) is 9.00. The van der Waals surface area contributed by atoms with Gasteiger partial charge < -0.3 is 15.3 Å². The van der Waals surface area contributed by atoms with Crippen LogP contribution < -0.4 is 16.0 Å². The number of aryl methyl sites for hydroxylation is 1. The van der Waals surface area contributed by atoms with E-state index < -0.39 is 0 Å². The first-order valence-electron chi connectivity index (χ1n) is 6.47. The number of nitrogens with two attached hydrogens (primary N) is 1. The number of benzene rings is 1. The van der Waals surface area contributed by atoms with Crippen LogP contribution in [0.2, 0.25) is 0 Å². The average Bonchev–Trinajstić information content (AvgIpc) is 2.48. The van der Waals surface area contributed by atoms with E-state index in [4.69, 9.17) is 15.7 Å². The molecule has 2 rings (SSSR count). The van der Waals surface area contributed by atoms with Gasteiger partial charge in [-0.3, -0.25) is 0 Å². The lowest BCUT2D eigenvalue weighted by atomic mass is 10.2. The van der Waals surface area contributed by atoms with Crippen molar-refractivity contribution >= 4 is 5.82 Å². The molecule has 2 aromatic rings. The van der Waals surface area contributed by atoms with E-state index in [0.29, 0.717) is 23.3 Å². The number of nitrogens with one attached hydrogen (secondary N) is 1. The van der Waals surface area contributed by atoms with Crippen LogP contribution in [0.15, 0.2) is 30.3 Å². The van der Waals surface area contributed by atoms with Crippen LogP contribution >= 0.6 is 0 Å². The number of ether oxygens (including phenoxy) is 1. The van der Waals surface area contributed by atoms with Crippen LogP contribution in [-0.4, -0.2) is 15.1 Å². The highest BCUT2D eigenvalue weighted by Gasteiger charge is 2.06. The number of nitrogen functional groups attached to an aromatic ring is 1. The average molecular weight is 274 g/mol. The Bertz CT molecular complexity index is 558. The lowest BCUT2D eigenvalue weighted by molar-refractivity contribution is 0.281. The van der Waals surface area contributed by atoms with Gasteiger partial charge >= 0.3 is 0 Å². The van der Waals surface area contributed by atoms with Crippen molar-refractivity contribution in [2.75, 3.05) is 5.43 Å². The minimum absolute atomic E-state index is 0.00960. The van der Waals surface area contributed by atoms with Crippen LogP contribution in [-0.2, 0) is 13.0 Å². The zero-order chi connectivity index (χ0) is 14.4. The Morgan fingerprint density at radius 1 is 1.25 bits per heavy atom. The molecule has 0 spiro atoms. The van der Waals surface area contributed by atoms with Gasteiger partial charge in [0.25, 0.3) is 0 Å². The molecule has 6 nitrogen and oxygen atoms in total. The van der Waals surface area contributed by atoms with E-state index >= 15 is 0 Å². The predicted octanol–water partition coefficient (Wildman–Crippen LogP) is 2.00. The van der Waals surface area contributed by atoms with Crippen molar-refractivity contribution in [2.24, 2.45) is 5.84 Å². The van der Waals surface area contributed by atoms with Gasteiger partial charge in [-0.15, -0.1) is 0 Å². The number of hydrogen-bond donors (Lipinski definition) is 3. The zero-order valence-electron chi connectivity index (χ0n) is 11.3. The molecule has 106 valence electrons. The minimum atomic E-state index is 0.00960. The maximum Gasteiger partial charge on any atom is 0.224 e. The van der Waals surface area contributed by atoms with E-state index in [1.165, 1.54) is 0 Å². The molecule has 1 aromatic heterocycles. The number of aliphatic hydroxyl groups excluding tert-OH is 1. The van der Waals surface area contributed by atoms with Gasteiger partial charge in [-0.1, -0.05) is 19.1 Å². The van der Waals surface area contributed by atoms with E-state index in [1.54, 1.807) is 30.3 Å². The van der Waals surface area contributed by atoms with Gasteiger partial charge in [-0.25, -0.2) is 10.8 Å². The summed E-state index contributed by atoms with van der Waals surface area (Å²) >= 11 is 0. The van der Waals surface area contributed by atoms with Crippen molar-refractivity contribution < 1.29 is 9.84 Å². The van der Waals surface area contributed by atoms with Crippen LogP contribution in [0.4, 0.5) is 5.82 Å². The fourth-order valence-corrected chi connectivity index (χ4v) is 1.72. The summed E-state index contributed by atoms with van der Waals surface area (Å²) in [4.78, 5) is 8.58. The monoisotopic (exact) mass is 274 g/mol. The highest BCUT2D eigenvalue weighted by Crippen LogP contribution is 2.22. The van der Waals surface area contributed by atoms with Crippen LogP contribution in [0.25, 0.3) is 0 Å². The molecule has 0 saturated carbocycles. The third kappa shape index (κ3) is 3.66. The predicted molar refractivity (Wildman–Crippen MR) is 76.3 cm³/mol. The molecule has 0 aliphatic carbocycles. The summed E-state index contributed by atoms with van der Waals surface area (Å²) in [6, 6.07) is 8.79. The summed E-state index contributed by atoms with van der Waals surface area (Å²) < 4.78 is 5.68. The smallest absolute Gasteiger partial charge is 0.224 e. The maximum absolute atomic E-state index is 9.00. The Hall–Kier alpha value is -2.18. The lowest BCUT2D eigenvalue weighted by Gasteiger charge is -2.09. The number of nitrogens with zero attached hydrogens (tertiary/aromatic N) is 2. The quantitative estimate of drug-likeness (QED) is 0.551. The third-order valence-corrected chi connectivity index (χ3v) is 2.70. The van der Waals surface area contributed by atoms with Gasteiger partial charge in [0, 0.05) is 12.5 Å². The van der Waals surface area contributed by atoms with Crippen LogP contribution in [0.5, 0.6) is 11.6 Å². The molecule has 0 aliphatic rings. The van der Waals surface area contributed by atoms with Crippen LogP contribution in [0.3, 0.4) is 0 Å². The normalized spacial score (nSPS) is 10.3. The summed E-state index contributed by atoms with van der Waals surface area (Å²) in [5.74, 6) is 7.68. The number of anilines is 1. The molecular formula is C14H18N4O2. The number of aromatic nitrogens is 2. The van der Waals surface area contributed by atoms with Gasteiger partial charge in [0.05, 0.1) is 6.61 Å². The van der Waals surface area contributed by atoms with Crippen molar-refractivity contribution in [3.05, 3.63) is 41.7 Å². The second-order valence-electron chi connectivity index (χ2n) is 4.31. The highest BCUT2D eigenvalue weighted by atomic mass is 16.5. The fourth-order valence-electron chi connectivity index (χ4n) is 1.72. The fraction of sp³-hybridized carbons (Fsp3) is 0.286. The maximum atomic E-state index is 9.00. The molecule has 1 heterocycles. The molecule has 0 fully saturated rings. The molecule has 0 aliphatic heterocycles. The first-order valence-corrected chi connectivity index (χ1v) is 6.47. The first kappa shape index (κ1) is 14.2. The Balaban J connectivity index is 2.20. The van der Waals surface area contributed by atoms with Gasteiger partial charge in [-0.05, 0) is 24.1 Å². The molecule has 6 heteroatoms. The Kier molecular flexibility index (Phi) is 4.86. The molecule has 0 radical (unpaired) electrons. The zero-order valence-corrected chi connectivity index (χ0v) is 11.3. The van der Waals surface area contributed by atoms with Gasteiger partial charge in [0.15, 0.2) is 0 Å². The molecule has 0 atom stereocenters. The molecule has 20 heavy (non-hydrogen) atoms. The molecule has 4 N–H and O–H groups in total. The van der Waals surface area contributed by atoms with Gasteiger partial charge in [0.2, 0.25) is 5.88 Å². The first-order chi connectivity index (χ1) is 9.75. The third-order valence-electron chi connectivity index (χ3n) is 2.70. The molecule has 0 saturated heterocycles. The number of hydrogen-bond acceptors (Lipinski definition) is 6. The van der Waals surface area contributed by atoms with Crippen LogP contribution in [0.1, 0.15) is 24.7 Å². The number of rotatable bonds is 6. The Labute approximate surface area is 117 Å². The van der Waals surface area contributed by atoms with Crippen LogP contribution in [0, 0.1) is 0 Å². The Morgan fingerprint density at radius 3 is 2.60 bits per heavy atom. The largest absolute Gasteiger partial charge is 0.439 e. The second kappa shape index (κ2) is 6.83. The van der Waals surface area contributed by atoms with Crippen molar-refractivity contribution in [3.63, 3.8) is 0 Å². The standard InChI is InChI=1S/C14H18N4O2/c1-2-3-12-16-13(18-15)8-14(17-12)20-11-6-4-10(9-19)5-7-11/h4-8,19H,2-3,9,15H2,1H3,(H,16,17,18). The molecule has 0 bridgehead atoms. The second-order valence-corrected chi connectivity index (χ2v) is 4.31. The molecule has 1 aromatic carbocycles. The van der Waals surface area contributed by atoms with Crippen molar-refractivity contribution in [1.29, 1.82) is 0 Å². The summed E-state index contributed by atoms with van der Waals surface area (Å²) in [7, 11) is 0. The molecular weight excluding hydrogens is 256 g/mol. The van der Waals surface area contributed by atoms with E-state index in [0.717, 1.165) is 18.4 Å². The van der Waals surface area contributed by atoms with E-state index in [2.05, 4.69) is 22.3 Å². The van der Waals surface area contributed by atoms with Gasteiger partial charge in [0.1, 0.15) is 17.4 Å². The van der Waals surface area contributed by atoms with Crippen molar-refractivity contribution in [2.45, 2.75) is 26.4 Å². The topological polar surface area (TPSA) is 93.3 Å². The van der Waals surface area contributed by atoms with Crippen molar-refractivity contribution in [3.8, 4) is 11.6 Å². The van der Waals surface area contributed by atoms with E-state index in [-0.39, 0.29) is 6.61 Å². The van der Waals surface area contributed by atoms with E-state index in [1.807, 2.05) is 0 Å². The Morgan fingerprint density at radius 2 is 2.00 bits per heavy atom. The number of hydrazine groups is 1. The van der Waals surface area contributed by atoms with Crippen molar-refractivity contribution in [1.82, 2.24) is 9.97 Å². The lowest BCUT2D eigenvalue weighted by Crippen LogP contribution is -2.10. The SMILES string of the molecule is CCCc1nc(NN)cc(Oc2ccc(CO)cc2)n1. The highest BCUT2D eigenvalue weighted by molar-refractivity contribution is 5.39.